The Morgan fingerprint density at radius 1 is 1.14 bits per heavy atom. The van der Waals surface area contributed by atoms with E-state index < -0.39 is 11.6 Å². The molecule has 1 heterocycles. The van der Waals surface area contributed by atoms with Crippen molar-refractivity contribution in [2.45, 2.75) is 43.8 Å². The van der Waals surface area contributed by atoms with E-state index in [2.05, 4.69) is 4.98 Å². The molecule has 0 aliphatic rings. The highest BCUT2D eigenvalue weighted by Gasteiger charge is 2.12. The van der Waals surface area contributed by atoms with E-state index >= 15 is 0 Å². The summed E-state index contributed by atoms with van der Waals surface area (Å²) >= 11 is 1.33. The first kappa shape index (κ1) is 20.5. The van der Waals surface area contributed by atoms with Crippen molar-refractivity contribution in [3.8, 4) is 0 Å². The molecule has 0 saturated heterocycles. The Labute approximate surface area is 166 Å². The predicted octanol–water partition coefficient (Wildman–Crippen LogP) is 4.78. The standard InChI is InChI=1S/C21H22F2N2O2S/c1-14(2)27-11-5-10-25-20(26)16-6-3-4-7-19(16)24-21(25)28-13-15-8-9-17(22)18(23)12-15/h3-4,6-9,12,14H,5,10-11,13H2,1-2H3. The minimum atomic E-state index is -0.882. The van der Waals surface area contributed by atoms with E-state index in [9.17, 15) is 13.6 Å². The van der Waals surface area contributed by atoms with Gasteiger partial charge < -0.3 is 4.74 Å². The molecule has 0 saturated carbocycles. The van der Waals surface area contributed by atoms with Gasteiger partial charge in [0.15, 0.2) is 16.8 Å². The number of hydrogen-bond donors (Lipinski definition) is 0. The van der Waals surface area contributed by atoms with Crippen LogP contribution in [0, 0.1) is 11.6 Å². The molecule has 0 atom stereocenters. The molecule has 0 aliphatic heterocycles. The number of ether oxygens (including phenoxy) is 1. The van der Waals surface area contributed by atoms with Crippen LogP contribution in [0.1, 0.15) is 25.8 Å². The number of aromatic nitrogens is 2. The van der Waals surface area contributed by atoms with Gasteiger partial charge >= 0.3 is 0 Å². The van der Waals surface area contributed by atoms with E-state index in [0.717, 1.165) is 6.07 Å². The lowest BCUT2D eigenvalue weighted by molar-refractivity contribution is 0.0743. The maximum absolute atomic E-state index is 13.5. The molecule has 0 radical (unpaired) electrons. The molecular formula is C21H22F2N2O2S. The number of fused-ring (bicyclic) bond motifs is 1. The number of thioether (sulfide) groups is 1. The number of rotatable bonds is 8. The summed E-state index contributed by atoms with van der Waals surface area (Å²) in [5.74, 6) is -1.38. The lowest BCUT2D eigenvalue weighted by atomic mass is 10.2. The minimum absolute atomic E-state index is 0.108. The highest BCUT2D eigenvalue weighted by atomic mass is 32.2. The number of halogens is 2. The topological polar surface area (TPSA) is 44.1 Å². The normalized spacial score (nSPS) is 11.5. The van der Waals surface area contributed by atoms with E-state index in [4.69, 9.17) is 4.74 Å². The quantitative estimate of drug-likeness (QED) is 0.308. The fourth-order valence-corrected chi connectivity index (χ4v) is 3.74. The lowest BCUT2D eigenvalue weighted by Crippen LogP contribution is -2.24. The Balaban J connectivity index is 1.86. The second-order valence-corrected chi connectivity index (χ2v) is 7.62. The van der Waals surface area contributed by atoms with Crippen LogP contribution < -0.4 is 5.56 Å². The summed E-state index contributed by atoms with van der Waals surface area (Å²) in [6.45, 7) is 4.95. The molecule has 0 amide bonds. The van der Waals surface area contributed by atoms with Gasteiger partial charge in [-0.15, -0.1) is 0 Å². The Hall–Kier alpha value is -2.25. The average molecular weight is 404 g/mol. The van der Waals surface area contributed by atoms with Gasteiger partial charge in [0, 0.05) is 18.9 Å². The highest BCUT2D eigenvalue weighted by Crippen LogP contribution is 2.23. The largest absolute Gasteiger partial charge is 0.379 e. The third kappa shape index (κ3) is 4.97. The Kier molecular flexibility index (Phi) is 6.80. The molecule has 148 valence electrons. The first-order valence-electron chi connectivity index (χ1n) is 9.13. The zero-order valence-corrected chi connectivity index (χ0v) is 16.6. The molecule has 2 aromatic carbocycles. The van der Waals surface area contributed by atoms with Crippen LogP contribution in [0.2, 0.25) is 0 Å². The molecule has 1 aromatic heterocycles. The predicted molar refractivity (Wildman–Crippen MR) is 108 cm³/mol. The Morgan fingerprint density at radius 3 is 2.68 bits per heavy atom. The fourth-order valence-electron chi connectivity index (χ4n) is 2.77. The number of para-hydroxylation sites is 1. The van der Waals surface area contributed by atoms with Crippen LogP contribution in [0.15, 0.2) is 52.4 Å². The van der Waals surface area contributed by atoms with Crippen LogP contribution in [0.4, 0.5) is 8.78 Å². The number of benzene rings is 2. The smallest absolute Gasteiger partial charge is 0.262 e. The molecule has 7 heteroatoms. The van der Waals surface area contributed by atoms with Gasteiger partial charge in [-0.1, -0.05) is 30.0 Å². The molecule has 0 aliphatic carbocycles. The van der Waals surface area contributed by atoms with Crippen molar-refractivity contribution >= 4 is 22.7 Å². The van der Waals surface area contributed by atoms with E-state index in [-0.39, 0.29) is 11.7 Å². The molecule has 0 bridgehead atoms. The van der Waals surface area contributed by atoms with Crippen molar-refractivity contribution in [2.75, 3.05) is 6.61 Å². The zero-order chi connectivity index (χ0) is 20.1. The van der Waals surface area contributed by atoms with Gasteiger partial charge in [0.1, 0.15) is 0 Å². The second-order valence-electron chi connectivity index (χ2n) is 6.68. The first-order chi connectivity index (χ1) is 13.5. The summed E-state index contributed by atoms with van der Waals surface area (Å²) in [6, 6.07) is 11.0. The highest BCUT2D eigenvalue weighted by molar-refractivity contribution is 7.98. The van der Waals surface area contributed by atoms with Crippen LogP contribution >= 0.6 is 11.8 Å². The van der Waals surface area contributed by atoms with Gasteiger partial charge in [-0.05, 0) is 50.1 Å². The molecule has 0 unspecified atom stereocenters. The summed E-state index contributed by atoms with van der Waals surface area (Å²) in [5, 5.41) is 1.11. The molecule has 3 rings (SSSR count). The van der Waals surface area contributed by atoms with E-state index in [1.807, 2.05) is 26.0 Å². The lowest BCUT2D eigenvalue weighted by Gasteiger charge is -2.14. The average Bonchev–Trinajstić information content (AvgIpc) is 2.67. The van der Waals surface area contributed by atoms with Gasteiger partial charge in [0.05, 0.1) is 17.0 Å². The van der Waals surface area contributed by atoms with Gasteiger partial charge in [0.25, 0.3) is 5.56 Å². The van der Waals surface area contributed by atoms with E-state index in [0.29, 0.717) is 46.9 Å². The van der Waals surface area contributed by atoms with Crippen LogP contribution in [0.3, 0.4) is 0 Å². The van der Waals surface area contributed by atoms with Crippen molar-refractivity contribution in [3.63, 3.8) is 0 Å². The third-order valence-electron chi connectivity index (χ3n) is 4.16. The van der Waals surface area contributed by atoms with E-state index in [1.165, 1.54) is 23.9 Å². The van der Waals surface area contributed by atoms with Gasteiger partial charge in [-0.3, -0.25) is 9.36 Å². The monoisotopic (exact) mass is 404 g/mol. The molecule has 4 nitrogen and oxygen atoms in total. The molecule has 28 heavy (non-hydrogen) atoms. The number of nitrogens with zero attached hydrogens (tertiary/aromatic N) is 2. The maximum Gasteiger partial charge on any atom is 0.262 e. The summed E-state index contributed by atoms with van der Waals surface area (Å²) < 4.78 is 33.8. The molecule has 0 spiro atoms. The molecule has 3 aromatic rings. The minimum Gasteiger partial charge on any atom is -0.379 e. The van der Waals surface area contributed by atoms with E-state index in [1.54, 1.807) is 16.7 Å². The molecular weight excluding hydrogens is 382 g/mol. The second kappa shape index (κ2) is 9.30. The van der Waals surface area contributed by atoms with Crippen LogP contribution in [-0.2, 0) is 17.0 Å². The van der Waals surface area contributed by atoms with Crippen molar-refractivity contribution in [2.24, 2.45) is 0 Å². The Morgan fingerprint density at radius 2 is 1.93 bits per heavy atom. The van der Waals surface area contributed by atoms with Crippen LogP contribution in [0.25, 0.3) is 10.9 Å². The zero-order valence-electron chi connectivity index (χ0n) is 15.8. The fraction of sp³-hybridized carbons (Fsp3) is 0.333. The van der Waals surface area contributed by atoms with Gasteiger partial charge in [-0.2, -0.15) is 0 Å². The summed E-state index contributed by atoms with van der Waals surface area (Å²) in [5.41, 5.74) is 1.14. The van der Waals surface area contributed by atoms with Crippen molar-refractivity contribution in [1.82, 2.24) is 9.55 Å². The van der Waals surface area contributed by atoms with Crippen molar-refractivity contribution < 1.29 is 13.5 Å². The van der Waals surface area contributed by atoms with Crippen LogP contribution in [-0.4, -0.2) is 22.3 Å². The van der Waals surface area contributed by atoms with Crippen LogP contribution in [0.5, 0.6) is 0 Å². The first-order valence-corrected chi connectivity index (χ1v) is 10.1. The number of hydrogen-bond acceptors (Lipinski definition) is 4. The summed E-state index contributed by atoms with van der Waals surface area (Å²) in [6.07, 6.45) is 0.810. The molecule has 0 N–H and O–H groups in total. The van der Waals surface area contributed by atoms with Gasteiger partial charge in [0.2, 0.25) is 0 Å². The van der Waals surface area contributed by atoms with Gasteiger partial charge in [-0.25, -0.2) is 13.8 Å². The maximum atomic E-state index is 13.5. The molecule has 0 fully saturated rings. The SMILES string of the molecule is CC(C)OCCCn1c(SCc2ccc(F)c(F)c2)nc2ccccc2c1=O. The summed E-state index contributed by atoms with van der Waals surface area (Å²) in [4.78, 5) is 17.6. The third-order valence-corrected chi connectivity index (χ3v) is 5.20. The Bertz CT molecular complexity index is 1020. The van der Waals surface area contributed by atoms with Crippen molar-refractivity contribution in [1.29, 1.82) is 0 Å². The summed E-state index contributed by atoms with van der Waals surface area (Å²) in [7, 11) is 0. The van der Waals surface area contributed by atoms with Crippen molar-refractivity contribution in [3.05, 3.63) is 70.0 Å².